The number of fused-ring (bicyclic) bond motifs is 1. The Morgan fingerprint density at radius 1 is 1.50 bits per heavy atom. The van der Waals surface area contributed by atoms with Crippen LogP contribution in [0.1, 0.15) is 17.5 Å². The first-order valence-electron chi connectivity index (χ1n) is 6.96. The van der Waals surface area contributed by atoms with Crippen molar-refractivity contribution >= 4 is 16.6 Å². The molecule has 0 fully saturated rings. The molecule has 1 aromatic carbocycles. The largest absolute Gasteiger partial charge is 0.391 e. The summed E-state index contributed by atoms with van der Waals surface area (Å²) in [5, 5.41) is 22.5. The summed E-state index contributed by atoms with van der Waals surface area (Å²) in [6.45, 7) is 2.46. The van der Waals surface area contributed by atoms with Crippen LogP contribution >= 0.6 is 0 Å². The molecule has 2 aromatic rings. The van der Waals surface area contributed by atoms with Crippen molar-refractivity contribution in [3.63, 3.8) is 0 Å². The summed E-state index contributed by atoms with van der Waals surface area (Å²) < 4.78 is 18.5. The minimum atomic E-state index is -0.588. The highest BCUT2D eigenvalue weighted by molar-refractivity contribution is 5.95. The van der Waals surface area contributed by atoms with Crippen LogP contribution in [0.5, 0.6) is 0 Å². The van der Waals surface area contributed by atoms with E-state index in [1.54, 1.807) is 6.92 Å². The molecule has 2 N–H and O–H groups in total. The Labute approximate surface area is 128 Å². The van der Waals surface area contributed by atoms with Gasteiger partial charge in [-0.1, -0.05) is 0 Å². The maximum absolute atomic E-state index is 13.7. The van der Waals surface area contributed by atoms with E-state index >= 15 is 0 Å². The number of aliphatic hydroxyl groups is 1. The van der Waals surface area contributed by atoms with Crippen LogP contribution in [0.25, 0.3) is 10.9 Å². The summed E-state index contributed by atoms with van der Waals surface area (Å²) in [5.41, 5.74) is 2.25. The number of benzene rings is 1. The highest BCUT2D eigenvalue weighted by atomic mass is 19.1. The van der Waals surface area contributed by atoms with Crippen molar-refractivity contribution < 1.29 is 14.2 Å². The van der Waals surface area contributed by atoms with Gasteiger partial charge in [-0.3, -0.25) is 4.98 Å². The molecule has 0 radical (unpaired) electrons. The van der Waals surface area contributed by atoms with Gasteiger partial charge in [-0.2, -0.15) is 5.26 Å². The zero-order valence-corrected chi connectivity index (χ0v) is 12.6. The molecule has 0 aliphatic carbocycles. The normalized spacial score (nSPS) is 12.1. The van der Waals surface area contributed by atoms with Gasteiger partial charge in [0.2, 0.25) is 0 Å². The molecular weight excluding hydrogens is 285 g/mol. The van der Waals surface area contributed by atoms with Crippen molar-refractivity contribution in [3.05, 3.63) is 35.3 Å². The number of nitrogens with one attached hydrogen (secondary N) is 1. The molecule has 0 aliphatic heterocycles. The molecule has 0 spiro atoms. The Morgan fingerprint density at radius 3 is 2.95 bits per heavy atom. The van der Waals surface area contributed by atoms with Gasteiger partial charge in [0, 0.05) is 25.2 Å². The van der Waals surface area contributed by atoms with Crippen LogP contribution in [-0.4, -0.2) is 36.5 Å². The monoisotopic (exact) mass is 303 g/mol. The molecular formula is C16H18FN3O2. The number of aryl methyl sites for hydroxylation is 1. The Kier molecular flexibility index (Phi) is 5.26. The predicted molar refractivity (Wildman–Crippen MR) is 82.1 cm³/mol. The van der Waals surface area contributed by atoms with E-state index in [0.29, 0.717) is 40.7 Å². The van der Waals surface area contributed by atoms with Gasteiger partial charge in [0.25, 0.3) is 0 Å². The molecule has 22 heavy (non-hydrogen) atoms. The Balaban J connectivity index is 2.32. The van der Waals surface area contributed by atoms with Crippen LogP contribution in [0.4, 0.5) is 10.1 Å². The van der Waals surface area contributed by atoms with Crippen LogP contribution in [0.2, 0.25) is 0 Å². The molecule has 1 aromatic heterocycles. The lowest BCUT2D eigenvalue weighted by atomic mass is 10.1. The fourth-order valence-electron chi connectivity index (χ4n) is 2.35. The standard InChI is InChI=1S/C16H18FN3O2/c1-10-5-12(17)6-14-15(10)20-8-11(7-18)16(14)19-4-3-13(21)9-22-2/h5-6,8,13,21H,3-4,9H2,1-2H3,(H,19,20). The third-order valence-corrected chi connectivity index (χ3v) is 3.39. The average molecular weight is 303 g/mol. The second kappa shape index (κ2) is 7.16. The molecule has 0 saturated heterocycles. The molecule has 5 nitrogen and oxygen atoms in total. The van der Waals surface area contributed by atoms with E-state index < -0.39 is 6.10 Å². The molecule has 116 valence electrons. The molecule has 1 heterocycles. The topological polar surface area (TPSA) is 78.2 Å². The number of hydrogen-bond donors (Lipinski definition) is 2. The average Bonchev–Trinajstić information content (AvgIpc) is 2.47. The number of halogens is 1. The van der Waals surface area contributed by atoms with Crippen molar-refractivity contribution in [3.8, 4) is 6.07 Å². The summed E-state index contributed by atoms with van der Waals surface area (Å²) in [6.07, 6.45) is 1.34. The van der Waals surface area contributed by atoms with Gasteiger partial charge in [0.05, 0.1) is 29.5 Å². The molecule has 6 heteroatoms. The Bertz CT molecular complexity index is 713. The molecule has 2 rings (SSSR count). The highest BCUT2D eigenvalue weighted by Gasteiger charge is 2.12. The van der Waals surface area contributed by atoms with E-state index in [9.17, 15) is 14.8 Å². The van der Waals surface area contributed by atoms with Gasteiger partial charge >= 0.3 is 0 Å². The smallest absolute Gasteiger partial charge is 0.124 e. The minimum Gasteiger partial charge on any atom is -0.391 e. The van der Waals surface area contributed by atoms with Gasteiger partial charge in [-0.25, -0.2) is 4.39 Å². The molecule has 0 bridgehead atoms. The van der Waals surface area contributed by atoms with Gasteiger partial charge in [0.15, 0.2) is 0 Å². The van der Waals surface area contributed by atoms with E-state index in [1.807, 2.05) is 0 Å². The summed E-state index contributed by atoms with van der Waals surface area (Å²) >= 11 is 0. The third-order valence-electron chi connectivity index (χ3n) is 3.39. The van der Waals surface area contributed by atoms with E-state index in [1.165, 1.54) is 25.4 Å². The zero-order chi connectivity index (χ0) is 16.1. The third kappa shape index (κ3) is 3.50. The highest BCUT2D eigenvalue weighted by Crippen LogP contribution is 2.28. The van der Waals surface area contributed by atoms with Crippen molar-refractivity contribution in [2.45, 2.75) is 19.4 Å². The number of pyridine rings is 1. The van der Waals surface area contributed by atoms with Crippen molar-refractivity contribution in [2.24, 2.45) is 0 Å². The zero-order valence-electron chi connectivity index (χ0n) is 12.6. The maximum atomic E-state index is 13.7. The second-order valence-electron chi connectivity index (χ2n) is 5.10. The number of aliphatic hydroxyl groups excluding tert-OH is 1. The first kappa shape index (κ1) is 16.1. The number of aromatic nitrogens is 1. The van der Waals surface area contributed by atoms with Crippen LogP contribution in [0, 0.1) is 24.1 Å². The van der Waals surface area contributed by atoms with Crippen LogP contribution in [0.15, 0.2) is 18.3 Å². The lowest BCUT2D eigenvalue weighted by Gasteiger charge is -2.14. The lowest BCUT2D eigenvalue weighted by molar-refractivity contribution is 0.0615. The molecule has 0 saturated carbocycles. The van der Waals surface area contributed by atoms with Gasteiger partial charge < -0.3 is 15.2 Å². The van der Waals surface area contributed by atoms with Gasteiger partial charge in [0.1, 0.15) is 11.9 Å². The predicted octanol–water partition coefficient (Wildman–Crippen LogP) is 2.36. The summed E-state index contributed by atoms with van der Waals surface area (Å²) in [4.78, 5) is 4.23. The molecule has 0 amide bonds. The first-order valence-corrected chi connectivity index (χ1v) is 6.96. The number of ether oxygens (including phenoxy) is 1. The van der Waals surface area contributed by atoms with Crippen LogP contribution < -0.4 is 5.32 Å². The van der Waals surface area contributed by atoms with Gasteiger partial charge in [-0.15, -0.1) is 0 Å². The summed E-state index contributed by atoms with van der Waals surface area (Å²) in [6, 6.07) is 4.83. The molecule has 1 unspecified atom stereocenters. The number of nitrogens with zero attached hydrogens (tertiary/aromatic N) is 2. The van der Waals surface area contributed by atoms with Crippen molar-refractivity contribution in [1.82, 2.24) is 4.98 Å². The summed E-state index contributed by atoms with van der Waals surface area (Å²) in [5.74, 6) is -0.371. The lowest BCUT2D eigenvalue weighted by Crippen LogP contribution is -2.18. The van der Waals surface area contributed by atoms with Crippen molar-refractivity contribution in [1.29, 1.82) is 5.26 Å². The second-order valence-corrected chi connectivity index (χ2v) is 5.10. The van der Waals surface area contributed by atoms with E-state index in [0.717, 1.165) is 0 Å². The Hall–Kier alpha value is -2.23. The van der Waals surface area contributed by atoms with Crippen LogP contribution in [-0.2, 0) is 4.74 Å². The van der Waals surface area contributed by atoms with E-state index in [-0.39, 0.29) is 12.4 Å². The number of nitriles is 1. The van der Waals surface area contributed by atoms with Crippen molar-refractivity contribution in [2.75, 3.05) is 25.6 Å². The van der Waals surface area contributed by atoms with E-state index in [4.69, 9.17) is 4.74 Å². The fraction of sp³-hybridized carbons (Fsp3) is 0.375. The van der Waals surface area contributed by atoms with Crippen LogP contribution in [0.3, 0.4) is 0 Å². The number of methoxy groups -OCH3 is 1. The fourth-order valence-corrected chi connectivity index (χ4v) is 2.35. The number of anilines is 1. The Morgan fingerprint density at radius 2 is 2.27 bits per heavy atom. The minimum absolute atomic E-state index is 0.248. The quantitative estimate of drug-likeness (QED) is 0.856. The molecule has 0 aliphatic rings. The van der Waals surface area contributed by atoms with E-state index in [2.05, 4.69) is 16.4 Å². The van der Waals surface area contributed by atoms with Gasteiger partial charge in [-0.05, 0) is 31.0 Å². The summed E-state index contributed by atoms with van der Waals surface area (Å²) in [7, 11) is 1.52. The molecule has 1 atom stereocenters. The SMILES string of the molecule is COCC(O)CCNc1c(C#N)cnc2c(C)cc(F)cc12. The first-order chi connectivity index (χ1) is 10.6. The maximum Gasteiger partial charge on any atom is 0.124 e. The number of hydrogen-bond acceptors (Lipinski definition) is 5. The number of rotatable bonds is 6.